The third-order valence-corrected chi connectivity index (χ3v) is 6.68. The number of hydrogen-bond donors (Lipinski definition) is 4. The van der Waals surface area contributed by atoms with Crippen LogP contribution in [0.5, 0.6) is 0 Å². The summed E-state index contributed by atoms with van der Waals surface area (Å²) >= 11 is 0. The van der Waals surface area contributed by atoms with Crippen LogP contribution in [-0.4, -0.2) is 88.4 Å². The van der Waals surface area contributed by atoms with Crippen molar-refractivity contribution in [2.45, 2.75) is 24.5 Å². The van der Waals surface area contributed by atoms with Crippen LogP contribution in [-0.2, 0) is 27.2 Å². The van der Waals surface area contributed by atoms with E-state index >= 15 is 0 Å². The molecule has 6 atom stereocenters. The van der Waals surface area contributed by atoms with Gasteiger partial charge in [-0.3, -0.25) is 13.7 Å². The van der Waals surface area contributed by atoms with Gasteiger partial charge in [-0.1, -0.05) is 0 Å². The lowest BCUT2D eigenvalue weighted by molar-refractivity contribution is -0.870. The molecule has 0 amide bonds. The molecule has 2 unspecified atom stereocenters. The van der Waals surface area contributed by atoms with Crippen molar-refractivity contribution >= 4 is 21.5 Å². The van der Waals surface area contributed by atoms with Crippen LogP contribution in [0, 0.1) is 0 Å². The van der Waals surface area contributed by atoms with E-state index in [0.717, 1.165) is 4.57 Å². The molecule has 1 aliphatic heterocycles. The average molecular weight is 488 g/mol. The molecule has 0 aromatic carbocycles. The number of nitrogens with zero attached hydrogens (tertiary/aromatic N) is 3. The number of anilines is 1. The minimum Gasteiger partial charge on any atom is -0.756 e. The van der Waals surface area contributed by atoms with Gasteiger partial charge in [-0.25, -0.2) is 13.7 Å². The van der Waals surface area contributed by atoms with Gasteiger partial charge in [0, 0.05) is 6.20 Å². The first kappa shape index (κ1) is 26.0. The molecule has 0 radical (unpaired) electrons. The second-order valence-electron chi connectivity index (χ2n) is 7.73. The van der Waals surface area contributed by atoms with Crippen molar-refractivity contribution in [3.63, 3.8) is 0 Å². The molecular weight excluding hydrogens is 462 g/mol. The number of ether oxygens (including phenoxy) is 1. The largest absolute Gasteiger partial charge is 0.756 e. The average Bonchev–Trinajstić information content (AvgIpc) is 2.86. The molecule has 0 bridgehead atoms. The number of aromatic nitrogens is 2. The maximum absolute atomic E-state index is 11.9. The number of hydrogen-bond acceptors (Lipinski definition) is 12. The Morgan fingerprint density at radius 1 is 1.29 bits per heavy atom. The number of aliphatic hydroxyl groups excluding tert-OH is 2. The lowest BCUT2D eigenvalue weighted by Crippen LogP contribution is -2.37. The number of rotatable bonds is 10. The van der Waals surface area contributed by atoms with Crippen molar-refractivity contribution in [3.8, 4) is 0 Å². The van der Waals surface area contributed by atoms with Gasteiger partial charge >= 0.3 is 13.5 Å². The molecule has 1 saturated heterocycles. The quantitative estimate of drug-likeness (QED) is 0.203. The van der Waals surface area contributed by atoms with Gasteiger partial charge in [0.25, 0.3) is 7.82 Å². The fraction of sp³-hybridized carbons (Fsp3) is 0.714. The Kier molecular flexibility index (Phi) is 8.17. The zero-order valence-electron chi connectivity index (χ0n) is 17.0. The minimum atomic E-state index is -5.36. The summed E-state index contributed by atoms with van der Waals surface area (Å²) < 4.78 is 43.4. The van der Waals surface area contributed by atoms with Gasteiger partial charge in [-0.2, -0.15) is 4.98 Å². The molecule has 2 heterocycles. The Morgan fingerprint density at radius 2 is 1.94 bits per heavy atom. The van der Waals surface area contributed by atoms with Crippen molar-refractivity contribution in [1.29, 1.82) is 0 Å². The highest BCUT2D eigenvalue weighted by Crippen LogP contribution is 2.58. The summed E-state index contributed by atoms with van der Waals surface area (Å²) in [5, 5.41) is 20.2. The predicted octanol–water partition coefficient (Wildman–Crippen LogP) is -2.23. The lowest BCUT2D eigenvalue weighted by atomic mass is 10.1. The van der Waals surface area contributed by atoms with Gasteiger partial charge in [0.15, 0.2) is 6.23 Å². The van der Waals surface area contributed by atoms with Gasteiger partial charge in [-0.05, 0) is 6.07 Å². The van der Waals surface area contributed by atoms with Crippen molar-refractivity contribution in [2.24, 2.45) is 0 Å². The highest BCUT2D eigenvalue weighted by molar-refractivity contribution is 7.60. The molecule has 0 saturated carbocycles. The van der Waals surface area contributed by atoms with Gasteiger partial charge in [0.05, 0.1) is 27.7 Å². The van der Waals surface area contributed by atoms with E-state index in [1.807, 2.05) is 0 Å². The first-order chi connectivity index (χ1) is 14.1. The summed E-state index contributed by atoms with van der Waals surface area (Å²) in [6, 6.07) is 1.25. The number of phosphoric acid groups is 2. The fourth-order valence-electron chi connectivity index (χ4n) is 2.48. The summed E-state index contributed by atoms with van der Waals surface area (Å²) in [7, 11) is -4.99. The van der Waals surface area contributed by atoms with Crippen LogP contribution in [0.15, 0.2) is 17.1 Å². The zero-order chi connectivity index (χ0) is 23.6. The topological polar surface area (TPSA) is 216 Å². The van der Waals surface area contributed by atoms with E-state index < -0.39 is 52.5 Å². The molecule has 178 valence electrons. The van der Waals surface area contributed by atoms with Crippen molar-refractivity contribution in [1.82, 2.24) is 9.55 Å². The lowest BCUT2D eigenvalue weighted by Gasteiger charge is -2.27. The highest BCUT2D eigenvalue weighted by Gasteiger charge is 2.45. The molecular formula is C14H26N4O11P2. The maximum atomic E-state index is 11.9. The van der Waals surface area contributed by atoms with E-state index in [2.05, 4.69) is 18.3 Å². The van der Waals surface area contributed by atoms with Crippen LogP contribution in [0.1, 0.15) is 6.23 Å². The minimum absolute atomic E-state index is 0.0734. The summed E-state index contributed by atoms with van der Waals surface area (Å²) in [6.07, 6.45) is -4.94. The van der Waals surface area contributed by atoms with E-state index in [0.29, 0.717) is 11.0 Å². The van der Waals surface area contributed by atoms with Gasteiger partial charge in [0.2, 0.25) is 0 Å². The van der Waals surface area contributed by atoms with E-state index in [-0.39, 0.29) is 12.4 Å². The second-order valence-corrected chi connectivity index (χ2v) is 10.7. The summed E-state index contributed by atoms with van der Waals surface area (Å²) in [5.41, 5.74) is 4.51. The molecule has 1 aliphatic rings. The summed E-state index contributed by atoms with van der Waals surface area (Å²) in [6.45, 7) is -0.857. The third kappa shape index (κ3) is 7.70. The molecule has 2 rings (SSSR count). The third-order valence-electron chi connectivity index (χ3n) is 4.08. The van der Waals surface area contributed by atoms with Crippen molar-refractivity contribution in [2.75, 3.05) is 46.6 Å². The van der Waals surface area contributed by atoms with Gasteiger partial charge in [-0.15, -0.1) is 0 Å². The van der Waals surface area contributed by atoms with Crippen molar-refractivity contribution < 1.29 is 51.7 Å². The maximum Gasteiger partial charge on any atom is 0.478 e. The number of likely N-dealkylation sites (N-methyl/N-ethyl adjacent to an activating group) is 1. The van der Waals surface area contributed by atoms with Crippen LogP contribution in [0.4, 0.5) is 5.82 Å². The summed E-state index contributed by atoms with van der Waals surface area (Å²) in [5.74, 6) is -0.0734. The van der Waals surface area contributed by atoms with Crippen LogP contribution in [0.3, 0.4) is 0 Å². The van der Waals surface area contributed by atoms with Crippen LogP contribution in [0.2, 0.25) is 0 Å². The first-order valence-corrected chi connectivity index (χ1v) is 11.9. The van der Waals surface area contributed by atoms with Gasteiger partial charge < -0.3 is 39.5 Å². The Hall–Kier alpha value is -1.22. The Morgan fingerprint density at radius 3 is 2.52 bits per heavy atom. The highest BCUT2D eigenvalue weighted by atomic mass is 31.3. The molecule has 17 heteroatoms. The van der Waals surface area contributed by atoms with Gasteiger partial charge in [0.1, 0.15) is 37.3 Å². The molecule has 5 N–H and O–H groups in total. The van der Waals surface area contributed by atoms with E-state index in [1.54, 1.807) is 21.1 Å². The number of aliphatic hydroxyl groups is 2. The van der Waals surface area contributed by atoms with E-state index in [9.17, 15) is 33.9 Å². The smallest absolute Gasteiger partial charge is 0.478 e. The van der Waals surface area contributed by atoms with Crippen molar-refractivity contribution in [3.05, 3.63) is 22.7 Å². The molecule has 31 heavy (non-hydrogen) atoms. The van der Waals surface area contributed by atoms with E-state index in [1.165, 1.54) is 12.3 Å². The standard InChI is InChI=1S/C14H26N4O11P2/c1-18(2,3)6-7-26-30(22,23)29-31(24,25)27-8-9-11(19)12(20)13(28-9)17-5-4-10(15)16-14(17)21/h4-5,9,11-13,19-20H,6-8H2,1-3H3,(H3-,15,16,21,22,23,24,25)/t9-,11+,12+,13-/m0/s1. The zero-order valence-corrected chi connectivity index (χ0v) is 18.8. The molecule has 1 aromatic heterocycles. The molecule has 0 aliphatic carbocycles. The van der Waals surface area contributed by atoms with Crippen LogP contribution >= 0.6 is 15.6 Å². The SMILES string of the molecule is C[N+](C)(C)CCOP(=O)(O)OP(=O)([O-])OC[C@@H]1O[C@H](n2ccc(N)nc2=O)[C@H](O)[C@@H]1O. The number of phosphoric ester groups is 2. The second kappa shape index (κ2) is 9.73. The van der Waals surface area contributed by atoms with Crippen LogP contribution in [0.25, 0.3) is 0 Å². The van der Waals surface area contributed by atoms with E-state index in [4.69, 9.17) is 10.5 Å². The number of quaternary nitrogens is 1. The Bertz CT molecular complexity index is 920. The first-order valence-electron chi connectivity index (χ1n) is 8.91. The fourth-order valence-corrected chi connectivity index (χ4v) is 4.51. The monoisotopic (exact) mass is 488 g/mol. The molecule has 0 spiro atoms. The number of nitrogens with two attached hydrogens (primary N) is 1. The predicted molar refractivity (Wildman–Crippen MR) is 102 cm³/mol. The Balaban J connectivity index is 1.96. The molecule has 1 fully saturated rings. The summed E-state index contributed by atoms with van der Waals surface area (Å²) in [4.78, 5) is 36.8. The molecule has 15 nitrogen and oxygen atoms in total. The normalized spacial score (nSPS) is 28.2. The van der Waals surface area contributed by atoms with Crippen LogP contribution < -0.4 is 16.3 Å². The molecule has 1 aromatic rings. The number of nitrogen functional groups attached to an aromatic ring is 1. The Labute approximate surface area is 177 Å².